The third-order valence-electron chi connectivity index (χ3n) is 5.35. The maximum Gasteiger partial charge on any atom is 0.156 e. The van der Waals surface area contributed by atoms with Gasteiger partial charge in [-0.15, -0.1) is 0 Å². The van der Waals surface area contributed by atoms with Crippen LogP contribution in [0.1, 0.15) is 40.0 Å². The van der Waals surface area contributed by atoms with E-state index in [4.69, 9.17) is 0 Å². The number of aliphatic hydroxyl groups excluding tert-OH is 1. The van der Waals surface area contributed by atoms with Crippen molar-refractivity contribution in [1.29, 1.82) is 0 Å². The van der Waals surface area contributed by atoms with Crippen LogP contribution in [0.2, 0.25) is 0 Å². The lowest BCUT2D eigenvalue weighted by molar-refractivity contribution is -0.174. The summed E-state index contributed by atoms with van der Waals surface area (Å²) in [7, 11) is 0. The predicted molar refractivity (Wildman–Crippen MR) is 70.4 cm³/mol. The van der Waals surface area contributed by atoms with Crippen LogP contribution >= 0.6 is 0 Å². The lowest BCUT2D eigenvalue weighted by Gasteiger charge is -2.59. The Morgan fingerprint density at radius 1 is 1.26 bits per heavy atom. The minimum absolute atomic E-state index is 0.00792. The molecule has 4 nitrogen and oxygen atoms in total. The molecule has 0 amide bonds. The van der Waals surface area contributed by atoms with Crippen LogP contribution in [0.3, 0.4) is 0 Å². The van der Waals surface area contributed by atoms with Gasteiger partial charge >= 0.3 is 0 Å². The lowest BCUT2D eigenvalue weighted by Crippen LogP contribution is -2.64. The van der Waals surface area contributed by atoms with Crippen LogP contribution in [-0.4, -0.2) is 34.5 Å². The molecule has 0 spiro atoms. The molecule has 4 heteroatoms. The van der Waals surface area contributed by atoms with E-state index in [1.807, 2.05) is 20.8 Å². The summed E-state index contributed by atoms with van der Waals surface area (Å²) in [5, 5.41) is 21.1. The predicted octanol–water partition coefficient (Wildman–Crippen LogP) is 1.25. The van der Waals surface area contributed by atoms with E-state index in [1.54, 1.807) is 0 Å². The zero-order chi connectivity index (χ0) is 14.5. The Balaban J connectivity index is 2.66. The molecule has 0 radical (unpaired) electrons. The van der Waals surface area contributed by atoms with Crippen molar-refractivity contribution in [2.24, 2.45) is 16.7 Å². The Hall–Kier alpha value is -1.00. The first-order chi connectivity index (χ1) is 8.73. The summed E-state index contributed by atoms with van der Waals surface area (Å²) in [5.74, 6) is -0.243. The van der Waals surface area contributed by atoms with Crippen molar-refractivity contribution in [2.75, 3.05) is 0 Å². The first-order valence-corrected chi connectivity index (χ1v) is 6.77. The van der Waals surface area contributed by atoms with Gasteiger partial charge in [0.15, 0.2) is 11.9 Å². The van der Waals surface area contributed by atoms with Crippen LogP contribution in [0.25, 0.3) is 0 Å². The van der Waals surface area contributed by atoms with E-state index in [0.29, 0.717) is 19.0 Å². The molecule has 0 heterocycles. The first kappa shape index (κ1) is 14.4. The van der Waals surface area contributed by atoms with Crippen molar-refractivity contribution in [3.05, 3.63) is 11.6 Å². The van der Waals surface area contributed by atoms with E-state index in [9.17, 15) is 19.8 Å². The second-order valence-corrected chi connectivity index (χ2v) is 6.85. The summed E-state index contributed by atoms with van der Waals surface area (Å²) in [6.45, 7) is 5.90. The molecule has 0 aromatic heterocycles. The Morgan fingerprint density at radius 3 is 2.42 bits per heavy atom. The quantitative estimate of drug-likeness (QED) is 0.738. The van der Waals surface area contributed by atoms with Crippen LogP contribution in [0.4, 0.5) is 0 Å². The molecule has 0 bridgehead atoms. The van der Waals surface area contributed by atoms with Crippen LogP contribution in [0.5, 0.6) is 0 Å². The Labute approximate surface area is 113 Å². The molecule has 0 saturated heterocycles. The minimum atomic E-state index is -1.80. The number of carbonyl (C=O) groups excluding carboxylic acids is 2. The maximum absolute atomic E-state index is 11.5. The fourth-order valence-corrected chi connectivity index (χ4v) is 4.42. The molecule has 0 aromatic rings. The second-order valence-electron chi connectivity index (χ2n) is 6.85. The van der Waals surface area contributed by atoms with Gasteiger partial charge in [-0.3, -0.25) is 9.59 Å². The van der Waals surface area contributed by atoms with Gasteiger partial charge in [-0.2, -0.15) is 0 Å². The molecule has 1 fully saturated rings. The van der Waals surface area contributed by atoms with E-state index in [-0.39, 0.29) is 16.9 Å². The molecule has 2 rings (SSSR count). The summed E-state index contributed by atoms with van der Waals surface area (Å²) in [5.41, 5.74) is -2.79. The molecule has 106 valence electrons. The Bertz CT molecular complexity index is 439. The van der Waals surface area contributed by atoms with Crippen molar-refractivity contribution in [3.63, 3.8) is 0 Å². The van der Waals surface area contributed by atoms with Gasteiger partial charge in [0.05, 0.1) is 6.10 Å². The van der Waals surface area contributed by atoms with E-state index in [1.165, 1.54) is 6.08 Å². The van der Waals surface area contributed by atoms with Crippen molar-refractivity contribution >= 4 is 12.6 Å². The van der Waals surface area contributed by atoms with E-state index < -0.39 is 17.1 Å². The number of hydrogen-bond donors (Lipinski definition) is 2. The van der Waals surface area contributed by atoms with Crippen molar-refractivity contribution in [1.82, 2.24) is 0 Å². The van der Waals surface area contributed by atoms with Gasteiger partial charge in [-0.05, 0) is 24.3 Å². The van der Waals surface area contributed by atoms with Crippen LogP contribution < -0.4 is 0 Å². The molecular formula is C15H22O4. The average Bonchev–Trinajstić information content (AvgIpc) is 2.32. The zero-order valence-electron chi connectivity index (χ0n) is 11.7. The van der Waals surface area contributed by atoms with Gasteiger partial charge in [0.2, 0.25) is 0 Å². The smallest absolute Gasteiger partial charge is 0.156 e. The molecule has 2 aliphatic carbocycles. The number of hydrogen-bond acceptors (Lipinski definition) is 4. The standard InChI is InChI=1S/C15H22O4/c1-13(2)5-4-6-14(3)12(13)11(18)7-10(8-16)15(14,19)9-17/h7-9,11-12,18-19H,4-6H2,1-3H3/t11-,12?,14+,15-/m1/s1. The number of aliphatic hydroxyl groups is 2. The third-order valence-corrected chi connectivity index (χ3v) is 5.35. The lowest BCUT2D eigenvalue weighted by atomic mass is 9.46. The average molecular weight is 266 g/mol. The number of fused-ring (bicyclic) bond motifs is 1. The van der Waals surface area contributed by atoms with Crippen LogP contribution in [0.15, 0.2) is 11.6 Å². The van der Waals surface area contributed by atoms with E-state index >= 15 is 0 Å². The highest BCUT2D eigenvalue weighted by atomic mass is 16.3. The Morgan fingerprint density at radius 2 is 1.89 bits per heavy atom. The molecule has 2 N–H and O–H groups in total. The topological polar surface area (TPSA) is 74.6 Å². The van der Waals surface area contributed by atoms with Gasteiger partial charge in [0.1, 0.15) is 6.29 Å². The monoisotopic (exact) mass is 266 g/mol. The van der Waals surface area contributed by atoms with E-state index in [2.05, 4.69) is 0 Å². The van der Waals surface area contributed by atoms with Crippen LogP contribution in [0, 0.1) is 16.7 Å². The normalized spacial score (nSPS) is 45.0. The highest BCUT2D eigenvalue weighted by Gasteiger charge is 2.62. The van der Waals surface area contributed by atoms with Gasteiger partial charge in [-0.25, -0.2) is 0 Å². The fourth-order valence-electron chi connectivity index (χ4n) is 4.42. The molecule has 19 heavy (non-hydrogen) atoms. The number of carbonyl (C=O) groups is 2. The fraction of sp³-hybridized carbons (Fsp3) is 0.733. The molecule has 1 unspecified atom stereocenters. The van der Waals surface area contributed by atoms with Crippen molar-refractivity contribution < 1.29 is 19.8 Å². The van der Waals surface area contributed by atoms with Crippen LogP contribution in [-0.2, 0) is 9.59 Å². The third kappa shape index (κ3) is 1.73. The highest BCUT2D eigenvalue weighted by molar-refractivity contribution is 5.88. The molecule has 0 aliphatic heterocycles. The summed E-state index contributed by atoms with van der Waals surface area (Å²) in [6, 6.07) is 0. The molecule has 4 atom stereocenters. The van der Waals surface area contributed by atoms with Gasteiger partial charge in [0, 0.05) is 16.9 Å². The molecular weight excluding hydrogens is 244 g/mol. The van der Waals surface area contributed by atoms with Gasteiger partial charge < -0.3 is 10.2 Å². The second kappa shape index (κ2) is 4.25. The largest absolute Gasteiger partial charge is 0.389 e. The summed E-state index contributed by atoms with van der Waals surface area (Å²) in [6.07, 6.45) is 3.92. The van der Waals surface area contributed by atoms with E-state index in [0.717, 1.165) is 12.8 Å². The highest BCUT2D eigenvalue weighted by Crippen LogP contribution is 2.60. The van der Waals surface area contributed by atoms with Gasteiger partial charge in [0.25, 0.3) is 0 Å². The summed E-state index contributed by atoms with van der Waals surface area (Å²) < 4.78 is 0. The number of aldehydes is 2. The SMILES string of the molecule is CC1(C)CCC[C@@]2(C)C1[C@H](O)C=C(C=O)[C@]2(O)C=O. The Kier molecular flexibility index (Phi) is 3.22. The van der Waals surface area contributed by atoms with Gasteiger partial charge in [-0.1, -0.05) is 27.2 Å². The molecule has 0 aromatic carbocycles. The maximum atomic E-state index is 11.5. The zero-order valence-corrected chi connectivity index (χ0v) is 11.7. The van der Waals surface area contributed by atoms with Crippen molar-refractivity contribution in [3.8, 4) is 0 Å². The summed E-state index contributed by atoms with van der Waals surface area (Å²) in [4.78, 5) is 22.7. The number of rotatable bonds is 2. The summed E-state index contributed by atoms with van der Waals surface area (Å²) >= 11 is 0. The molecule has 1 saturated carbocycles. The van der Waals surface area contributed by atoms with Crippen molar-refractivity contribution in [2.45, 2.75) is 51.7 Å². The first-order valence-electron chi connectivity index (χ1n) is 6.77. The molecule has 2 aliphatic rings. The minimum Gasteiger partial charge on any atom is -0.389 e.